The Morgan fingerprint density at radius 1 is 0.727 bits per heavy atom. The molecule has 2 aromatic rings. The maximum atomic E-state index is 12.6. The van der Waals surface area contributed by atoms with Crippen molar-refractivity contribution in [1.29, 1.82) is 0 Å². The third kappa shape index (κ3) is 5.59. The molecule has 0 bridgehead atoms. The lowest BCUT2D eigenvalue weighted by molar-refractivity contribution is -0.193. The highest BCUT2D eigenvalue weighted by Gasteiger charge is 2.64. The van der Waals surface area contributed by atoms with Crippen molar-refractivity contribution < 1.29 is 19.1 Å². The first kappa shape index (κ1) is 30.9. The van der Waals surface area contributed by atoms with Gasteiger partial charge in [0, 0.05) is 19.3 Å². The van der Waals surface area contributed by atoms with E-state index in [0.29, 0.717) is 29.6 Å². The molecule has 4 fully saturated rings. The van der Waals surface area contributed by atoms with Crippen molar-refractivity contribution in [3.63, 3.8) is 0 Å². The van der Waals surface area contributed by atoms with Crippen LogP contribution in [0.15, 0.2) is 78.4 Å². The van der Waals surface area contributed by atoms with Gasteiger partial charge in [-0.05, 0) is 110 Å². The Morgan fingerprint density at radius 2 is 1.36 bits per heavy atom. The highest BCUT2D eigenvalue weighted by atomic mass is 16.5. The lowest BCUT2D eigenvalue weighted by atomic mass is 9.44. The molecule has 2 aromatic carbocycles. The summed E-state index contributed by atoms with van der Waals surface area (Å²) in [6.07, 6.45) is 13.3. The fourth-order valence-corrected chi connectivity index (χ4v) is 10.5. The lowest BCUT2D eigenvalue weighted by Crippen LogP contribution is -2.59. The molecule has 0 saturated heterocycles. The van der Waals surface area contributed by atoms with Gasteiger partial charge < -0.3 is 9.47 Å². The van der Waals surface area contributed by atoms with Crippen LogP contribution in [0.5, 0.6) is 0 Å². The molecule has 0 heterocycles. The first-order chi connectivity index (χ1) is 21.1. The molecule has 0 N–H and O–H groups in total. The van der Waals surface area contributed by atoms with Crippen LogP contribution in [-0.2, 0) is 19.1 Å². The maximum Gasteiger partial charge on any atom is 0.302 e. The van der Waals surface area contributed by atoms with Crippen molar-refractivity contribution in [2.45, 2.75) is 98.2 Å². The van der Waals surface area contributed by atoms with Gasteiger partial charge in [0.1, 0.15) is 12.2 Å². The molecule has 4 nitrogen and oxygen atoms in total. The van der Waals surface area contributed by atoms with Gasteiger partial charge in [-0.2, -0.15) is 0 Å². The van der Waals surface area contributed by atoms with Crippen molar-refractivity contribution >= 4 is 17.5 Å². The fraction of sp³-hybridized carbons (Fsp3) is 0.550. The molecule has 9 atom stereocenters. The molecule has 0 aromatic heterocycles. The predicted octanol–water partition coefficient (Wildman–Crippen LogP) is 9.20. The first-order valence-electron chi connectivity index (χ1n) is 16.9. The van der Waals surface area contributed by atoms with Gasteiger partial charge >= 0.3 is 11.9 Å². The molecule has 4 aliphatic carbocycles. The summed E-state index contributed by atoms with van der Waals surface area (Å²) in [5.74, 6) is 2.32. The van der Waals surface area contributed by atoms with E-state index < -0.39 is 0 Å². The number of hydrogen-bond donors (Lipinski definition) is 0. The molecule has 0 amide bonds. The molecule has 0 aliphatic heterocycles. The van der Waals surface area contributed by atoms with Crippen LogP contribution in [-0.4, -0.2) is 24.1 Å². The number of esters is 2. The van der Waals surface area contributed by atoms with E-state index in [1.165, 1.54) is 48.5 Å². The Kier molecular flexibility index (Phi) is 8.65. The zero-order valence-electron chi connectivity index (χ0n) is 27.3. The number of carbonyl (C=O) groups is 2. The molecule has 4 aliphatic rings. The summed E-state index contributed by atoms with van der Waals surface area (Å²) < 4.78 is 12.0. The third-order valence-corrected chi connectivity index (χ3v) is 12.6. The van der Waals surface area contributed by atoms with Gasteiger partial charge in [-0.25, -0.2) is 0 Å². The molecular formula is C40H50O4. The van der Waals surface area contributed by atoms with Crippen molar-refractivity contribution in [2.24, 2.45) is 40.4 Å². The van der Waals surface area contributed by atoms with Gasteiger partial charge in [0.05, 0.1) is 0 Å². The number of fused-ring (bicyclic) bond motifs is 5. The number of carbonyl (C=O) groups excluding carboxylic acids is 2. The Balaban J connectivity index is 1.31. The minimum absolute atomic E-state index is 0.0496. The highest BCUT2D eigenvalue weighted by molar-refractivity contribution is 5.80. The number of allylic oxidation sites excluding steroid dienone is 3. The van der Waals surface area contributed by atoms with E-state index in [4.69, 9.17) is 9.47 Å². The van der Waals surface area contributed by atoms with Gasteiger partial charge in [0.15, 0.2) is 0 Å². The number of hydrogen-bond acceptors (Lipinski definition) is 4. The summed E-state index contributed by atoms with van der Waals surface area (Å²) in [5.41, 5.74) is 5.15. The van der Waals surface area contributed by atoms with Crippen LogP contribution in [0, 0.1) is 40.4 Å². The molecule has 6 rings (SSSR count). The molecule has 0 spiro atoms. The SMILES string of the molecule is CC(=O)OC1CCC2(C)C(CCC3C2CC(OC(C)=O)C2(C)C(C(C)=CC=C(c4ccccc4)c4ccccc4)CCC32)C1. The summed E-state index contributed by atoms with van der Waals surface area (Å²) in [5, 5.41) is 0. The van der Waals surface area contributed by atoms with E-state index in [-0.39, 0.29) is 35.0 Å². The highest BCUT2D eigenvalue weighted by Crippen LogP contribution is 2.68. The van der Waals surface area contributed by atoms with Crippen LogP contribution < -0.4 is 0 Å². The summed E-state index contributed by atoms with van der Waals surface area (Å²) in [6.45, 7) is 10.4. The van der Waals surface area contributed by atoms with Crippen LogP contribution in [0.3, 0.4) is 0 Å². The minimum atomic E-state index is -0.162. The van der Waals surface area contributed by atoms with Gasteiger partial charge in [-0.3, -0.25) is 9.59 Å². The Morgan fingerprint density at radius 3 is 1.98 bits per heavy atom. The van der Waals surface area contributed by atoms with Gasteiger partial charge in [0.2, 0.25) is 0 Å². The largest absolute Gasteiger partial charge is 0.463 e. The fourth-order valence-electron chi connectivity index (χ4n) is 10.5. The van der Waals surface area contributed by atoms with Crippen molar-refractivity contribution in [3.8, 4) is 0 Å². The smallest absolute Gasteiger partial charge is 0.302 e. The van der Waals surface area contributed by atoms with E-state index >= 15 is 0 Å². The Labute approximate surface area is 264 Å². The van der Waals surface area contributed by atoms with E-state index in [1.54, 1.807) is 6.92 Å². The second kappa shape index (κ2) is 12.3. The second-order valence-electron chi connectivity index (χ2n) is 14.7. The average molecular weight is 595 g/mol. The second-order valence-corrected chi connectivity index (χ2v) is 14.7. The molecule has 0 radical (unpaired) electrons. The monoisotopic (exact) mass is 594 g/mol. The van der Waals surface area contributed by atoms with Gasteiger partial charge in [-0.1, -0.05) is 92.2 Å². The normalized spacial score (nSPS) is 36.3. The lowest BCUT2D eigenvalue weighted by Gasteiger charge is -2.62. The topological polar surface area (TPSA) is 52.6 Å². The predicted molar refractivity (Wildman–Crippen MR) is 175 cm³/mol. The Bertz CT molecular complexity index is 1370. The van der Waals surface area contributed by atoms with Crippen LogP contribution in [0.4, 0.5) is 0 Å². The standard InChI is InChI=1S/C40H50O4/c1-26(16-18-33(29-12-8-6-9-13-29)30-14-10-7-11-15-30)35-20-21-36-34-19-17-31-24-32(43-27(2)41)22-23-39(31,4)37(34)25-38(40(35,36)5)44-28(3)42/h6-16,18,31-32,34-38H,17,19-25H2,1-5H3. The molecule has 9 unspecified atom stereocenters. The van der Waals surface area contributed by atoms with Crippen LogP contribution >= 0.6 is 0 Å². The van der Waals surface area contributed by atoms with Gasteiger partial charge in [-0.15, -0.1) is 0 Å². The van der Waals surface area contributed by atoms with Crippen molar-refractivity contribution in [3.05, 3.63) is 89.5 Å². The Hall–Kier alpha value is -3.14. The summed E-state index contributed by atoms with van der Waals surface area (Å²) >= 11 is 0. The van der Waals surface area contributed by atoms with E-state index in [0.717, 1.165) is 32.1 Å². The summed E-state index contributed by atoms with van der Waals surface area (Å²) in [4.78, 5) is 24.3. The molecular weight excluding hydrogens is 544 g/mol. The zero-order valence-corrected chi connectivity index (χ0v) is 27.3. The summed E-state index contributed by atoms with van der Waals surface area (Å²) in [7, 11) is 0. The van der Waals surface area contributed by atoms with E-state index in [1.807, 2.05) is 0 Å². The zero-order chi connectivity index (χ0) is 31.1. The molecule has 4 heteroatoms. The minimum Gasteiger partial charge on any atom is -0.463 e. The quantitative estimate of drug-likeness (QED) is 0.247. The van der Waals surface area contributed by atoms with Crippen LogP contribution in [0.25, 0.3) is 5.57 Å². The number of rotatable bonds is 6. The van der Waals surface area contributed by atoms with Crippen molar-refractivity contribution in [2.75, 3.05) is 0 Å². The van der Waals surface area contributed by atoms with Crippen LogP contribution in [0.2, 0.25) is 0 Å². The van der Waals surface area contributed by atoms with Crippen molar-refractivity contribution in [1.82, 2.24) is 0 Å². The van der Waals surface area contributed by atoms with Crippen LogP contribution in [0.1, 0.15) is 97.1 Å². The molecule has 234 valence electrons. The first-order valence-corrected chi connectivity index (χ1v) is 16.9. The maximum absolute atomic E-state index is 12.6. The van der Waals surface area contributed by atoms with E-state index in [2.05, 4.69) is 93.6 Å². The molecule has 44 heavy (non-hydrogen) atoms. The number of ether oxygens (including phenoxy) is 2. The molecule has 4 saturated carbocycles. The van der Waals surface area contributed by atoms with Gasteiger partial charge in [0.25, 0.3) is 0 Å². The number of benzene rings is 2. The summed E-state index contributed by atoms with van der Waals surface area (Å²) in [6, 6.07) is 21.3. The third-order valence-electron chi connectivity index (χ3n) is 12.6. The van der Waals surface area contributed by atoms with E-state index in [9.17, 15) is 9.59 Å². The average Bonchev–Trinajstić information content (AvgIpc) is 3.37.